The first-order valence-corrected chi connectivity index (χ1v) is 7.76. The number of primary sulfonamides is 1. The minimum Gasteiger partial charge on any atom is -0.337 e. The molecule has 1 saturated heterocycles. The van der Waals surface area contributed by atoms with Gasteiger partial charge in [-0.2, -0.15) is 5.10 Å². The number of likely N-dealkylation sites (tertiary alicyclic amines) is 1. The molecule has 106 valence electrons. The molecule has 0 saturated carbocycles. The van der Waals surface area contributed by atoms with Gasteiger partial charge in [-0.25, -0.2) is 13.6 Å². The van der Waals surface area contributed by atoms with Gasteiger partial charge in [-0.3, -0.25) is 9.89 Å². The number of sulfonamides is 1. The van der Waals surface area contributed by atoms with E-state index in [9.17, 15) is 13.2 Å². The quantitative estimate of drug-likeness (QED) is 0.827. The fourth-order valence-electron chi connectivity index (χ4n) is 2.42. The zero-order chi connectivity index (χ0) is 14.3. The predicted octanol–water partition coefficient (Wildman–Crippen LogP) is -0.0477. The molecule has 3 N–H and O–H groups in total. The van der Waals surface area contributed by atoms with Gasteiger partial charge in [0.05, 0.1) is 11.7 Å². The minimum atomic E-state index is -3.66. The van der Waals surface area contributed by atoms with Crippen LogP contribution in [0.4, 0.5) is 0 Å². The van der Waals surface area contributed by atoms with E-state index in [2.05, 4.69) is 10.2 Å². The third-order valence-electron chi connectivity index (χ3n) is 3.52. The zero-order valence-electron chi connectivity index (χ0n) is 10.6. The molecule has 20 heavy (non-hydrogen) atoms. The van der Waals surface area contributed by atoms with E-state index in [1.165, 1.54) is 4.90 Å². The van der Waals surface area contributed by atoms with E-state index in [0.717, 1.165) is 16.5 Å². The second-order valence-electron chi connectivity index (χ2n) is 4.98. The molecule has 1 aromatic carbocycles. The highest BCUT2D eigenvalue weighted by molar-refractivity contribution is 7.89. The van der Waals surface area contributed by atoms with Gasteiger partial charge in [0.2, 0.25) is 15.9 Å². The molecule has 1 unspecified atom stereocenters. The van der Waals surface area contributed by atoms with E-state index in [0.29, 0.717) is 6.54 Å². The highest BCUT2D eigenvalue weighted by Gasteiger charge is 2.36. The van der Waals surface area contributed by atoms with Crippen molar-refractivity contribution in [2.45, 2.75) is 18.2 Å². The first-order chi connectivity index (χ1) is 9.43. The van der Waals surface area contributed by atoms with E-state index in [1.807, 2.05) is 18.2 Å². The van der Waals surface area contributed by atoms with E-state index < -0.39 is 15.3 Å². The lowest BCUT2D eigenvalue weighted by Gasteiger charge is -2.16. The molecule has 1 aliphatic rings. The molecule has 1 fully saturated rings. The van der Waals surface area contributed by atoms with Gasteiger partial charge < -0.3 is 4.90 Å². The Hall–Kier alpha value is -1.93. The molecular weight excluding hydrogens is 280 g/mol. The van der Waals surface area contributed by atoms with Crippen molar-refractivity contribution in [2.75, 3.05) is 6.54 Å². The number of benzene rings is 1. The number of aromatic amines is 1. The van der Waals surface area contributed by atoms with E-state index >= 15 is 0 Å². The van der Waals surface area contributed by atoms with Crippen molar-refractivity contribution in [3.05, 3.63) is 30.0 Å². The summed E-state index contributed by atoms with van der Waals surface area (Å²) in [5, 5.41) is 12.0. The van der Waals surface area contributed by atoms with Crippen LogP contribution in [0.15, 0.2) is 24.4 Å². The number of nitrogens with two attached hydrogens (primary N) is 1. The number of aromatic nitrogens is 2. The van der Waals surface area contributed by atoms with E-state index in [4.69, 9.17) is 5.14 Å². The molecule has 0 bridgehead atoms. The highest BCUT2D eigenvalue weighted by atomic mass is 32.2. The first-order valence-electron chi connectivity index (χ1n) is 6.15. The average molecular weight is 294 g/mol. The molecule has 1 aromatic heterocycles. The van der Waals surface area contributed by atoms with Crippen LogP contribution in [-0.2, 0) is 21.4 Å². The Labute approximate surface area is 115 Å². The van der Waals surface area contributed by atoms with Crippen LogP contribution in [-0.4, -0.2) is 41.2 Å². The summed E-state index contributed by atoms with van der Waals surface area (Å²) < 4.78 is 22.6. The maximum absolute atomic E-state index is 11.8. The van der Waals surface area contributed by atoms with Crippen LogP contribution in [0.3, 0.4) is 0 Å². The van der Waals surface area contributed by atoms with Gasteiger partial charge in [0.25, 0.3) is 0 Å². The molecule has 1 amide bonds. The van der Waals surface area contributed by atoms with Gasteiger partial charge >= 0.3 is 0 Å². The van der Waals surface area contributed by atoms with Gasteiger partial charge in [0.15, 0.2) is 0 Å². The van der Waals surface area contributed by atoms with Crippen LogP contribution in [0.1, 0.15) is 12.0 Å². The summed E-state index contributed by atoms with van der Waals surface area (Å²) in [7, 11) is -3.66. The van der Waals surface area contributed by atoms with Gasteiger partial charge in [0.1, 0.15) is 5.25 Å². The third-order valence-corrected chi connectivity index (χ3v) is 4.77. The molecule has 0 aliphatic carbocycles. The summed E-state index contributed by atoms with van der Waals surface area (Å²) in [6.45, 7) is 0.535. The number of fused-ring (bicyclic) bond motifs is 1. The van der Waals surface area contributed by atoms with Crippen LogP contribution in [0.25, 0.3) is 10.9 Å². The fraction of sp³-hybridized carbons (Fsp3) is 0.333. The van der Waals surface area contributed by atoms with Crippen LogP contribution in [0.2, 0.25) is 0 Å². The number of amides is 1. The normalized spacial score (nSPS) is 19.9. The summed E-state index contributed by atoms with van der Waals surface area (Å²) in [6.07, 6.45) is 1.67. The van der Waals surface area contributed by atoms with Crippen molar-refractivity contribution in [3.8, 4) is 0 Å². The van der Waals surface area contributed by atoms with Crippen LogP contribution >= 0.6 is 0 Å². The third kappa shape index (κ3) is 2.39. The van der Waals surface area contributed by atoms with Crippen LogP contribution in [0.5, 0.6) is 0 Å². The molecule has 1 atom stereocenters. The Balaban J connectivity index is 1.79. The summed E-state index contributed by atoms with van der Waals surface area (Å²) in [5.41, 5.74) is 1.85. The lowest BCUT2D eigenvalue weighted by Crippen LogP contribution is -2.31. The first kappa shape index (κ1) is 13.1. The molecule has 7 nitrogen and oxygen atoms in total. The number of H-pyrrole nitrogens is 1. The van der Waals surface area contributed by atoms with Crippen molar-refractivity contribution in [1.82, 2.24) is 15.1 Å². The molecule has 2 aromatic rings. The molecular formula is C12H14N4O3S. The van der Waals surface area contributed by atoms with Gasteiger partial charge in [-0.05, 0) is 17.7 Å². The number of carbonyl (C=O) groups excluding carboxylic acids is 1. The predicted molar refractivity (Wildman–Crippen MR) is 73.0 cm³/mol. The smallest absolute Gasteiger partial charge is 0.224 e. The Morgan fingerprint density at radius 2 is 2.25 bits per heavy atom. The molecule has 0 radical (unpaired) electrons. The number of nitrogens with zero attached hydrogens (tertiary/aromatic N) is 2. The topological polar surface area (TPSA) is 109 Å². The van der Waals surface area contributed by atoms with Crippen molar-refractivity contribution in [1.29, 1.82) is 0 Å². The second-order valence-corrected chi connectivity index (χ2v) is 6.83. The fourth-order valence-corrected chi connectivity index (χ4v) is 3.18. The SMILES string of the molecule is NS(=O)(=O)C1CC(=O)N(Cc2ccc3[nH]ncc3c2)C1. The molecule has 1 aliphatic heterocycles. The number of hydrogen-bond donors (Lipinski definition) is 2. The highest BCUT2D eigenvalue weighted by Crippen LogP contribution is 2.20. The molecule has 3 rings (SSSR count). The Bertz CT molecular complexity index is 768. The van der Waals surface area contributed by atoms with Crippen molar-refractivity contribution >= 4 is 26.8 Å². The van der Waals surface area contributed by atoms with E-state index in [1.54, 1.807) is 6.20 Å². The van der Waals surface area contributed by atoms with Crippen molar-refractivity contribution in [3.63, 3.8) is 0 Å². The monoisotopic (exact) mass is 294 g/mol. The van der Waals surface area contributed by atoms with E-state index in [-0.39, 0.29) is 18.9 Å². The largest absolute Gasteiger partial charge is 0.337 e. The van der Waals surface area contributed by atoms with Gasteiger partial charge in [-0.15, -0.1) is 0 Å². The second kappa shape index (κ2) is 4.57. The number of nitrogens with one attached hydrogen (secondary N) is 1. The summed E-state index contributed by atoms with van der Waals surface area (Å²) >= 11 is 0. The van der Waals surface area contributed by atoms with Crippen LogP contribution < -0.4 is 5.14 Å². The number of hydrogen-bond acceptors (Lipinski definition) is 4. The Morgan fingerprint density at radius 3 is 2.95 bits per heavy atom. The standard InChI is InChI=1S/C12H14N4O3S/c13-20(18,19)10-4-12(17)16(7-10)6-8-1-2-11-9(3-8)5-14-15-11/h1-3,5,10H,4,6-7H2,(H,14,15)(H2,13,18,19). The van der Waals surface area contributed by atoms with Crippen LogP contribution in [0, 0.1) is 0 Å². The minimum absolute atomic E-state index is 0.0349. The zero-order valence-corrected chi connectivity index (χ0v) is 11.4. The summed E-state index contributed by atoms with van der Waals surface area (Å²) in [6, 6.07) is 5.70. The molecule has 2 heterocycles. The van der Waals surface area contributed by atoms with Gasteiger partial charge in [-0.1, -0.05) is 6.07 Å². The maximum Gasteiger partial charge on any atom is 0.224 e. The lowest BCUT2D eigenvalue weighted by molar-refractivity contribution is -0.128. The molecule has 8 heteroatoms. The number of rotatable bonds is 3. The van der Waals surface area contributed by atoms with Gasteiger partial charge in [0, 0.05) is 24.9 Å². The average Bonchev–Trinajstić information content (AvgIpc) is 2.95. The Kier molecular flexibility index (Phi) is 2.98. The molecule has 0 spiro atoms. The summed E-state index contributed by atoms with van der Waals surface area (Å²) in [5.74, 6) is -0.184. The lowest BCUT2D eigenvalue weighted by atomic mass is 10.1. The number of carbonyl (C=O) groups is 1. The summed E-state index contributed by atoms with van der Waals surface area (Å²) in [4.78, 5) is 13.4. The van der Waals surface area contributed by atoms with Crippen molar-refractivity contribution < 1.29 is 13.2 Å². The maximum atomic E-state index is 11.8. The van der Waals surface area contributed by atoms with Crippen molar-refractivity contribution in [2.24, 2.45) is 5.14 Å². The Morgan fingerprint density at radius 1 is 1.45 bits per heavy atom.